The van der Waals surface area contributed by atoms with Gasteiger partial charge in [-0.1, -0.05) is 12.1 Å². The van der Waals surface area contributed by atoms with E-state index in [1.807, 2.05) is 0 Å². The number of para-hydroxylation sites is 1. The Morgan fingerprint density at radius 2 is 2.04 bits per heavy atom. The highest BCUT2D eigenvalue weighted by Gasteiger charge is 2.35. The van der Waals surface area contributed by atoms with Crippen LogP contribution >= 0.6 is 0 Å². The minimum Gasteiger partial charge on any atom is -0.466 e. The van der Waals surface area contributed by atoms with E-state index in [4.69, 9.17) is 4.74 Å². The standard InChI is InChI=1S/C16H19F3N2O3/c1-2-24-14(22)11-6-5-9-21(10-11)15(23)20-13-8-4-3-7-12(13)16(17,18)19/h3-4,7-8,11H,2,5-6,9-10H2,1H3,(H,20,23). The fourth-order valence-corrected chi connectivity index (χ4v) is 2.65. The van der Waals surface area contributed by atoms with Gasteiger partial charge in [0, 0.05) is 13.1 Å². The van der Waals surface area contributed by atoms with Crippen LogP contribution in [0.4, 0.5) is 23.7 Å². The zero-order valence-electron chi connectivity index (χ0n) is 13.2. The highest BCUT2D eigenvalue weighted by atomic mass is 19.4. The topological polar surface area (TPSA) is 58.6 Å². The molecule has 2 amide bonds. The normalized spacial score (nSPS) is 18.2. The third-order valence-electron chi connectivity index (χ3n) is 3.80. The van der Waals surface area contributed by atoms with Gasteiger partial charge in [-0.2, -0.15) is 13.2 Å². The van der Waals surface area contributed by atoms with Crippen LogP contribution in [0.2, 0.25) is 0 Å². The van der Waals surface area contributed by atoms with Crippen molar-refractivity contribution in [2.45, 2.75) is 25.9 Å². The molecule has 0 bridgehead atoms. The number of urea groups is 1. The van der Waals surface area contributed by atoms with Gasteiger partial charge in [-0.3, -0.25) is 4.79 Å². The Labute approximate surface area is 137 Å². The lowest BCUT2D eigenvalue weighted by Crippen LogP contribution is -2.44. The number of carbonyl (C=O) groups is 2. The van der Waals surface area contributed by atoms with Crippen LogP contribution in [-0.4, -0.2) is 36.6 Å². The molecule has 5 nitrogen and oxygen atoms in total. The molecular weight excluding hydrogens is 325 g/mol. The predicted octanol–water partition coefficient (Wildman–Crippen LogP) is 3.51. The first-order valence-corrected chi connectivity index (χ1v) is 7.71. The fourth-order valence-electron chi connectivity index (χ4n) is 2.65. The summed E-state index contributed by atoms with van der Waals surface area (Å²) in [7, 11) is 0. The number of amides is 2. The molecule has 8 heteroatoms. The first-order chi connectivity index (χ1) is 11.3. The number of carbonyl (C=O) groups excluding carboxylic acids is 2. The number of alkyl halides is 3. The number of anilines is 1. The average Bonchev–Trinajstić information content (AvgIpc) is 2.54. The molecule has 132 valence electrons. The summed E-state index contributed by atoms with van der Waals surface area (Å²) in [6.45, 7) is 2.47. The summed E-state index contributed by atoms with van der Waals surface area (Å²) >= 11 is 0. The lowest BCUT2D eigenvalue weighted by Gasteiger charge is -2.31. The molecule has 1 fully saturated rings. The quantitative estimate of drug-likeness (QED) is 0.854. The van der Waals surface area contributed by atoms with Crippen LogP contribution in [0, 0.1) is 5.92 Å². The lowest BCUT2D eigenvalue weighted by molar-refractivity contribution is -0.149. The van der Waals surface area contributed by atoms with Gasteiger partial charge in [0.2, 0.25) is 0 Å². The van der Waals surface area contributed by atoms with Gasteiger partial charge in [0.15, 0.2) is 0 Å². The summed E-state index contributed by atoms with van der Waals surface area (Å²) in [5.74, 6) is -0.826. The molecule has 0 radical (unpaired) electrons. The molecular formula is C16H19F3N2O3. The smallest absolute Gasteiger partial charge is 0.418 e. The largest absolute Gasteiger partial charge is 0.466 e. The monoisotopic (exact) mass is 344 g/mol. The average molecular weight is 344 g/mol. The Bertz CT molecular complexity index is 604. The van der Waals surface area contributed by atoms with E-state index in [9.17, 15) is 22.8 Å². The summed E-state index contributed by atoms with van der Waals surface area (Å²) in [6.07, 6.45) is -3.36. The predicted molar refractivity (Wildman–Crippen MR) is 81.4 cm³/mol. The van der Waals surface area contributed by atoms with Gasteiger partial charge in [-0.15, -0.1) is 0 Å². The second-order valence-corrected chi connectivity index (χ2v) is 5.51. The van der Waals surface area contributed by atoms with E-state index in [-0.39, 0.29) is 24.8 Å². The van der Waals surface area contributed by atoms with Crippen LogP contribution in [0.25, 0.3) is 0 Å². The molecule has 1 saturated heterocycles. The van der Waals surface area contributed by atoms with Crippen LogP contribution in [-0.2, 0) is 15.7 Å². The number of benzene rings is 1. The molecule has 1 N–H and O–H groups in total. The van der Waals surface area contributed by atoms with Gasteiger partial charge in [0.05, 0.1) is 23.8 Å². The maximum Gasteiger partial charge on any atom is 0.418 e. The number of piperidine rings is 1. The van der Waals surface area contributed by atoms with Crippen molar-refractivity contribution in [2.75, 3.05) is 25.0 Å². The van der Waals surface area contributed by atoms with E-state index in [0.29, 0.717) is 19.4 Å². The van der Waals surface area contributed by atoms with Gasteiger partial charge in [0.25, 0.3) is 0 Å². The van der Waals surface area contributed by atoms with E-state index in [1.54, 1.807) is 6.92 Å². The molecule has 1 aromatic carbocycles. The Morgan fingerprint density at radius 1 is 1.33 bits per heavy atom. The number of rotatable bonds is 3. The zero-order chi connectivity index (χ0) is 17.7. The van der Waals surface area contributed by atoms with Crippen molar-refractivity contribution in [2.24, 2.45) is 5.92 Å². The highest BCUT2D eigenvalue weighted by Crippen LogP contribution is 2.34. The number of halogens is 3. The molecule has 0 spiro atoms. The summed E-state index contributed by atoms with van der Waals surface area (Å²) in [6, 6.07) is 4.14. The van der Waals surface area contributed by atoms with Crippen LogP contribution in [0.15, 0.2) is 24.3 Å². The number of nitrogens with one attached hydrogen (secondary N) is 1. The second-order valence-electron chi connectivity index (χ2n) is 5.51. The van der Waals surface area contributed by atoms with E-state index < -0.39 is 23.7 Å². The third kappa shape index (κ3) is 4.39. The molecule has 1 heterocycles. The molecule has 0 aliphatic carbocycles. The summed E-state index contributed by atoms with van der Waals surface area (Å²) in [5.41, 5.74) is -1.20. The van der Waals surface area contributed by atoms with Gasteiger partial charge in [0.1, 0.15) is 0 Å². The first-order valence-electron chi connectivity index (χ1n) is 7.71. The van der Waals surface area contributed by atoms with Gasteiger partial charge in [-0.05, 0) is 31.9 Å². The fraction of sp³-hybridized carbons (Fsp3) is 0.500. The first kappa shape index (κ1) is 18.1. The minimum absolute atomic E-state index is 0.138. The van der Waals surface area contributed by atoms with Crippen molar-refractivity contribution in [3.05, 3.63) is 29.8 Å². The molecule has 24 heavy (non-hydrogen) atoms. The number of ether oxygens (including phenoxy) is 1. The molecule has 2 rings (SSSR count). The third-order valence-corrected chi connectivity index (χ3v) is 3.80. The van der Waals surface area contributed by atoms with Crippen LogP contribution in [0.3, 0.4) is 0 Å². The molecule has 1 aliphatic rings. The van der Waals surface area contributed by atoms with E-state index in [1.165, 1.54) is 23.1 Å². The zero-order valence-corrected chi connectivity index (χ0v) is 13.2. The lowest BCUT2D eigenvalue weighted by atomic mass is 9.98. The van der Waals surface area contributed by atoms with Crippen molar-refractivity contribution < 1.29 is 27.5 Å². The van der Waals surface area contributed by atoms with Crippen molar-refractivity contribution in [1.29, 1.82) is 0 Å². The number of nitrogens with zero attached hydrogens (tertiary/aromatic N) is 1. The Kier molecular flexibility index (Phi) is 5.69. The van der Waals surface area contributed by atoms with Gasteiger partial charge < -0.3 is 15.0 Å². The van der Waals surface area contributed by atoms with E-state index >= 15 is 0 Å². The molecule has 1 aromatic rings. The van der Waals surface area contributed by atoms with Crippen molar-refractivity contribution in [3.63, 3.8) is 0 Å². The molecule has 1 unspecified atom stereocenters. The summed E-state index contributed by atoms with van der Waals surface area (Å²) < 4.78 is 43.8. The Morgan fingerprint density at radius 3 is 2.71 bits per heavy atom. The number of hydrogen-bond acceptors (Lipinski definition) is 3. The van der Waals surface area contributed by atoms with Crippen molar-refractivity contribution in [3.8, 4) is 0 Å². The summed E-state index contributed by atoms with van der Waals surface area (Å²) in [5, 5.41) is 2.29. The number of likely N-dealkylation sites (tertiary alicyclic amines) is 1. The molecule has 1 atom stereocenters. The Hall–Kier alpha value is -2.25. The van der Waals surface area contributed by atoms with Crippen molar-refractivity contribution in [1.82, 2.24) is 4.90 Å². The van der Waals surface area contributed by atoms with E-state index in [2.05, 4.69) is 5.32 Å². The maximum absolute atomic E-state index is 13.0. The van der Waals surface area contributed by atoms with Crippen LogP contribution in [0.1, 0.15) is 25.3 Å². The molecule has 1 aliphatic heterocycles. The second kappa shape index (κ2) is 7.55. The SMILES string of the molecule is CCOC(=O)C1CCCN(C(=O)Nc2ccccc2C(F)(F)F)C1. The van der Waals surface area contributed by atoms with E-state index in [0.717, 1.165) is 6.07 Å². The van der Waals surface area contributed by atoms with Crippen LogP contribution < -0.4 is 5.32 Å². The number of hydrogen-bond donors (Lipinski definition) is 1. The Balaban J connectivity index is 2.06. The molecule has 0 aromatic heterocycles. The highest BCUT2D eigenvalue weighted by molar-refractivity contribution is 5.90. The molecule has 0 saturated carbocycles. The van der Waals surface area contributed by atoms with Crippen LogP contribution in [0.5, 0.6) is 0 Å². The minimum atomic E-state index is -4.56. The van der Waals surface area contributed by atoms with Gasteiger partial charge >= 0.3 is 18.2 Å². The maximum atomic E-state index is 13.0. The van der Waals surface area contributed by atoms with Gasteiger partial charge in [-0.25, -0.2) is 4.79 Å². The summed E-state index contributed by atoms with van der Waals surface area (Å²) in [4.78, 5) is 25.4. The van der Waals surface area contributed by atoms with Crippen molar-refractivity contribution >= 4 is 17.7 Å². The number of esters is 1.